The average Bonchev–Trinajstić information content (AvgIpc) is 2.75. The van der Waals surface area contributed by atoms with Gasteiger partial charge >= 0.3 is 0 Å². The van der Waals surface area contributed by atoms with Crippen LogP contribution in [0, 0.1) is 5.82 Å². The van der Waals surface area contributed by atoms with Gasteiger partial charge in [-0.05, 0) is 54.4 Å². The van der Waals surface area contributed by atoms with Crippen molar-refractivity contribution in [1.29, 1.82) is 0 Å². The zero-order chi connectivity index (χ0) is 21.1. The van der Waals surface area contributed by atoms with Crippen LogP contribution in [-0.2, 0) is 11.3 Å². The Labute approximate surface area is 176 Å². The van der Waals surface area contributed by atoms with Gasteiger partial charge in [-0.2, -0.15) is 0 Å². The van der Waals surface area contributed by atoms with Crippen LogP contribution in [0.3, 0.4) is 0 Å². The molecule has 1 aliphatic heterocycles. The highest BCUT2D eigenvalue weighted by Gasteiger charge is 2.32. The Bertz CT molecular complexity index is 1020. The van der Waals surface area contributed by atoms with E-state index in [1.807, 2.05) is 53.4 Å². The molecule has 0 saturated carbocycles. The third kappa shape index (κ3) is 4.62. The van der Waals surface area contributed by atoms with Crippen molar-refractivity contribution in [2.75, 3.05) is 19.7 Å². The van der Waals surface area contributed by atoms with Gasteiger partial charge in [-0.3, -0.25) is 9.69 Å². The SMILES string of the molecule is C[C@@H]1CN(Cc2ccc(F)cc2)[C@@H](C)CN1C(=O)COc1ccc2ccccc2c1. The zero-order valence-corrected chi connectivity index (χ0v) is 17.4. The molecule has 1 heterocycles. The van der Waals surface area contributed by atoms with Crippen LogP contribution in [0.4, 0.5) is 4.39 Å². The van der Waals surface area contributed by atoms with Crippen LogP contribution in [0.15, 0.2) is 66.7 Å². The normalized spacial score (nSPS) is 19.8. The van der Waals surface area contributed by atoms with Gasteiger partial charge in [0.25, 0.3) is 5.91 Å². The van der Waals surface area contributed by atoms with Crippen LogP contribution in [0.1, 0.15) is 19.4 Å². The van der Waals surface area contributed by atoms with E-state index in [0.717, 1.165) is 29.4 Å². The molecule has 0 aromatic heterocycles. The lowest BCUT2D eigenvalue weighted by molar-refractivity contribution is -0.139. The van der Waals surface area contributed by atoms with Crippen molar-refractivity contribution in [2.45, 2.75) is 32.5 Å². The number of hydrogen-bond acceptors (Lipinski definition) is 3. The molecule has 1 amide bonds. The highest BCUT2D eigenvalue weighted by atomic mass is 19.1. The topological polar surface area (TPSA) is 32.8 Å². The Morgan fingerprint density at radius 2 is 1.70 bits per heavy atom. The lowest BCUT2D eigenvalue weighted by Crippen LogP contribution is -2.58. The second-order valence-corrected chi connectivity index (χ2v) is 8.10. The van der Waals surface area contributed by atoms with Crippen LogP contribution in [0.25, 0.3) is 10.8 Å². The number of halogens is 1. The monoisotopic (exact) mass is 406 g/mol. The maximum absolute atomic E-state index is 13.1. The molecule has 2 atom stereocenters. The zero-order valence-electron chi connectivity index (χ0n) is 17.4. The number of carbonyl (C=O) groups excluding carboxylic acids is 1. The molecular weight excluding hydrogens is 379 g/mol. The first kappa shape index (κ1) is 20.4. The highest BCUT2D eigenvalue weighted by molar-refractivity contribution is 5.84. The van der Waals surface area contributed by atoms with E-state index < -0.39 is 0 Å². The van der Waals surface area contributed by atoms with Crippen molar-refractivity contribution in [3.8, 4) is 5.75 Å². The van der Waals surface area contributed by atoms with Crippen molar-refractivity contribution >= 4 is 16.7 Å². The summed E-state index contributed by atoms with van der Waals surface area (Å²) in [7, 11) is 0. The molecule has 5 heteroatoms. The second kappa shape index (κ2) is 8.84. The smallest absolute Gasteiger partial charge is 0.260 e. The van der Waals surface area contributed by atoms with E-state index in [1.54, 1.807) is 0 Å². The van der Waals surface area contributed by atoms with Gasteiger partial charge in [0.2, 0.25) is 0 Å². The van der Waals surface area contributed by atoms with Crippen molar-refractivity contribution in [3.05, 3.63) is 78.1 Å². The molecule has 0 unspecified atom stereocenters. The first-order valence-corrected chi connectivity index (χ1v) is 10.4. The predicted molar refractivity (Wildman–Crippen MR) is 117 cm³/mol. The van der Waals surface area contributed by atoms with Gasteiger partial charge < -0.3 is 9.64 Å². The van der Waals surface area contributed by atoms with Crippen molar-refractivity contribution in [3.63, 3.8) is 0 Å². The highest BCUT2D eigenvalue weighted by Crippen LogP contribution is 2.22. The Kier molecular flexibility index (Phi) is 6.00. The number of fused-ring (bicyclic) bond motifs is 1. The maximum atomic E-state index is 13.1. The molecule has 3 aromatic carbocycles. The Hall–Kier alpha value is -2.92. The van der Waals surface area contributed by atoms with Gasteiger partial charge in [0, 0.05) is 31.7 Å². The van der Waals surface area contributed by atoms with Crippen LogP contribution in [0.2, 0.25) is 0 Å². The van der Waals surface area contributed by atoms with E-state index in [-0.39, 0.29) is 30.4 Å². The summed E-state index contributed by atoms with van der Waals surface area (Å²) in [6.45, 7) is 6.41. The molecule has 4 nitrogen and oxygen atoms in total. The largest absolute Gasteiger partial charge is 0.484 e. The quantitative estimate of drug-likeness (QED) is 0.626. The minimum absolute atomic E-state index is 0.00365. The Morgan fingerprint density at radius 1 is 0.967 bits per heavy atom. The number of amides is 1. The molecule has 0 N–H and O–H groups in total. The van der Waals surface area contributed by atoms with Gasteiger partial charge in [-0.15, -0.1) is 0 Å². The molecule has 4 rings (SSSR count). The fraction of sp³-hybridized carbons (Fsp3) is 0.320. The van der Waals surface area contributed by atoms with E-state index in [9.17, 15) is 9.18 Å². The van der Waals surface area contributed by atoms with Crippen molar-refractivity contribution in [1.82, 2.24) is 9.80 Å². The lowest BCUT2D eigenvalue weighted by Gasteiger charge is -2.44. The number of carbonyl (C=O) groups is 1. The van der Waals surface area contributed by atoms with Gasteiger partial charge in [0.15, 0.2) is 6.61 Å². The molecule has 1 saturated heterocycles. The van der Waals surface area contributed by atoms with Crippen LogP contribution in [0.5, 0.6) is 5.75 Å². The van der Waals surface area contributed by atoms with E-state index in [4.69, 9.17) is 4.74 Å². The average molecular weight is 407 g/mol. The molecular formula is C25H27FN2O2. The summed E-state index contributed by atoms with van der Waals surface area (Å²) in [5.41, 5.74) is 1.08. The first-order chi connectivity index (χ1) is 14.5. The first-order valence-electron chi connectivity index (χ1n) is 10.4. The molecule has 0 radical (unpaired) electrons. The predicted octanol–water partition coefficient (Wildman–Crippen LogP) is 4.48. The van der Waals surface area contributed by atoms with Gasteiger partial charge in [0.1, 0.15) is 11.6 Å². The fourth-order valence-corrected chi connectivity index (χ4v) is 4.08. The molecule has 30 heavy (non-hydrogen) atoms. The third-order valence-corrected chi connectivity index (χ3v) is 5.82. The number of benzene rings is 3. The summed E-state index contributed by atoms with van der Waals surface area (Å²) in [6.07, 6.45) is 0. The Morgan fingerprint density at radius 3 is 2.47 bits per heavy atom. The summed E-state index contributed by atoms with van der Waals surface area (Å²) >= 11 is 0. The van der Waals surface area contributed by atoms with Crippen molar-refractivity contribution < 1.29 is 13.9 Å². The number of piperazine rings is 1. The molecule has 0 spiro atoms. The minimum Gasteiger partial charge on any atom is -0.484 e. The summed E-state index contributed by atoms with van der Waals surface area (Å²) < 4.78 is 19.0. The summed E-state index contributed by atoms with van der Waals surface area (Å²) in [4.78, 5) is 17.1. The molecule has 1 fully saturated rings. The van der Waals surface area contributed by atoms with Crippen LogP contribution < -0.4 is 4.74 Å². The number of hydrogen-bond donors (Lipinski definition) is 0. The summed E-state index contributed by atoms with van der Waals surface area (Å²) in [6, 6.07) is 20.9. The second-order valence-electron chi connectivity index (χ2n) is 8.10. The van der Waals surface area contributed by atoms with E-state index in [0.29, 0.717) is 12.3 Å². The number of ether oxygens (including phenoxy) is 1. The molecule has 0 bridgehead atoms. The maximum Gasteiger partial charge on any atom is 0.260 e. The third-order valence-electron chi connectivity index (χ3n) is 5.82. The molecule has 1 aliphatic rings. The minimum atomic E-state index is -0.220. The molecule has 3 aromatic rings. The van der Waals surface area contributed by atoms with E-state index in [2.05, 4.69) is 24.8 Å². The molecule has 156 valence electrons. The van der Waals surface area contributed by atoms with Gasteiger partial charge in [-0.25, -0.2) is 4.39 Å². The van der Waals surface area contributed by atoms with Gasteiger partial charge in [-0.1, -0.05) is 42.5 Å². The standard InChI is InChI=1S/C25H27FN2O2/c1-18-15-28(19(2)14-27(18)16-20-7-10-23(26)11-8-20)25(29)17-30-24-12-9-21-5-3-4-6-22(21)13-24/h3-13,18-19H,14-17H2,1-2H3/t18-,19+/m0/s1. The van der Waals surface area contributed by atoms with E-state index >= 15 is 0 Å². The van der Waals surface area contributed by atoms with Gasteiger partial charge in [0.05, 0.1) is 0 Å². The van der Waals surface area contributed by atoms with Crippen LogP contribution in [-0.4, -0.2) is 47.5 Å². The fourth-order valence-electron chi connectivity index (χ4n) is 4.08. The lowest BCUT2D eigenvalue weighted by atomic mass is 10.1. The molecule has 0 aliphatic carbocycles. The Balaban J connectivity index is 1.34. The number of nitrogens with zero attached hydrogens (tertiary/aromatic N) is 2. The van der Waals surface area contributed by atoms with Crippen LogP contribution >= 0.6 is 0 Å². The summed E-state index contributed by atoms with van der Waals surface area (Å²) in [5, 5.41) is 2.25. The summed E-state index contributed by atoms with van der Waals surface area (Å²) in [5.74, 6) is 0.489. The van der Waals surface area contributed by atoms with E-state index in [1.165, 1.54) is 12.1 Å². The number of rotatable bonds is 5. The van der Waals surface area contributed by atoms with Crippen molar-refractivity contribution in [2.24, 2.45) is 0 Å².